The average Bonchev–Trinajstić information content (AvgIpc) is 3.04. The fraction of sp³-hybridized carbons (Fsp3) is 0.895. The molecule has 0 aliphatic heterocycles. The van der Waals surface area contributed by atoms with Gasteiger partial charge in [0.2, 0.25) is 0 Å². The second-order valence-electron chi connectivity index (χ2n) is 13.5. The van der Waals surface area contributed by atoms with Crippen LogP contribution in [0.4, 0.5) is 0 Å². The van der Waals surface area contributed by atoms with E-state index in [-0.39, 0.29) is 32.0 Å². The molecule has 0 bridgehead atoms. The van der Waals surface area contributed by atoms with Crippen LogP contribution in [0.3, 0.4) is 0 Å². The number of hydrogen-bond donors (Lipinski definition) is 1. The second kappa shape index (κ2) is 34.2. The molecule has 0 saturated heterocycles. The summed E-state index contributed by atoms with van der Waals surface area (Å²) in [4.78, 5) is 36.8. The lowest BCUT2D eigenvalue weighted by molar-refractivity contribution is -0.161. The number of esters is 2. The van der Waals surface area contributed by atoms with E-state index >= 15 is 0 Å². The van der Waals surface area contributed by atoms with Crippen molar-refractivity contribution in [1.29, 1.82) is 0 Å². The van der Waals surface area contributed by atoms with Gasteiger partial charge in [-0.2, -0.15) is 0 Å². The summed E-state index contributed by atoms with van der Waals surface area (Å²) in [5, 5.41) is 0. The molecule has 2 atom stereocenters. The van der Waals surface area contributed by atoms with Crippen molar-refractivity contribution in [2.24, 2.45) is 0 Å². The Bertz CT molecular complexity index is 823. The average molecular weight is 704 g/mol. The van der Waals surface area contributed by atoms with Crippen LogP contribution in [-0.2, 0) is 32.7 Å². The van der Waals surface area contributed by atoms with Crippen molar-refractivity contribution in [3.8, 4) is 0 Å². The fourth-order valence-electron chi connectivity index (χ4n) is 5.27. The zero-order valence-corrected chi connectivity index (χ0v) is 32.3. The molecule has 0 spiro atoms. The number of unbranched alkanes of at least 4 members (excludes halogenated alkanes) is 20. The van der Waals surface area contributed by atoms with Gasteiger partial charge in [0, 0.05) is 19.4 Å². The predicted molar refractivity (Wildman–Crippen MR) is 197 cm³/mol. The van der Waals surface area contributed by atoms with Gasteiger partial charge in [-0.15, -0.1) is 0 Å². The Morgan fingerprint density at radius 2 is 1.06 bits per heavy atom. The van der Waals surface area contributed by atoms with Gasteiger partial charge in [0.05, 0.1) is 13.2 Å². The van der Waals surface area contributed by atoms with E-state index in [1.807, 2.05) is 19.0 Å². The summed E-state index contributed by atoms with van der Waals surface area (Å²) in [5.74, 6) is -0.810. The Labute approximate surface area is 294 Å². The SMILES string of the molecule is CCCCCCCC/C=C\CCCCCCCC(=O)OC[C@H](COP(=O)(O)OCCN(C)C)OC(=O)CCCCCCCCCCCC. The van der Waals surface area contributed by atoms with E-state index in [1.165, 1.54) is 89.9 Å². The van der Waals surface area contributed by atoms with Crippen molar-refractivity contribution < 1.29 is 37.6 Å². The number of phosphoric ester groups is 1. The maximum absolute atomic E-state index is 12.5. The standard InChI is InChI=1S/C38H74NO8P/c1-5-7-9-11-13-15-17-18-19-20-21-23-24-26-28-30-37(40)44-34-36(35-46-48(42,43)45-33-32-39(3)4)47-38(41)31-29-27-25-22-16-14-12-10-8-6-2/h18-19,36H,5-17,20-35H2,1-4H3,(H,42,43)/b19-18-/t36-/m1/s1. The van der Waals surface area contributed by atoms with Crippen LogP contribution < -0.4 is 0 Å². The van der Waals surface area contributed by atoms with Crippen LogP contribution in [0.5, 0.6) is 0 Å². The number of nitrogens with zero attached hydrogens (tertiary/aromatic N) is 1. The van der Waals surface area contributed by atoms with Crippen molar-refractivity contribution in [3.05, 3.63) is 12.2 Å². The number of carbonyl (C=O) groups is 2. The number of allylic oxidation sites excluding steroid dienone is 2. The minimum Gasteiger partial charge on any atom is -0.462 e. The summed E-state index contributed by atoms with van der Waals surface area (Å²) < 4.78 is 33.3. The number of likely N-dealkylation sites (N-methyl/N-ethyl adjacent to an activating group) is 1. The summed E-state index contributed by atoms with van der Waals surface area (Å²) in [6.07, 6.45) is 31.1. The van der Waals surface area contributed by atoms with Gasteiger partial charge in [0.15, 0.2) is 6.10 Å². The summed E-state index contributed by atoms with van der Waals surface area (Å²) in [6, 6.07) is 0. The fourth-order valence-corrected chi connectivity index (χ4v) is 6.01. The minimum atomic E-state index is -4.35. The third kappa shape index (κ3) is 34.6. The monoisotopic (exact) mass is 704 g/mol. The molecular formula is C38H74NO8P. The molecule has 0 fully saturated rings. The number of ether oxygens (including phenoxy) is 2. The van der Waals surface area contributed by atoms with E-state index in [0.717, 1.165) is 51.4 Å². The van der Waals surface area contributed by atoms with Crippen LogP contribution in [0.1, 0.15) is 174 Å². The molecule has 0 aromatic carbocycles. The van der Waals surface area contributed by atoms with Crippen LogP contribution in [-0.4, -0.2) is 68.3 Å². The molecule has 0 saturated carbocycles. The molecule has 1 unspecified atom stereocenters. The van der Waals surface area contributed by atoms with Crippen molar-refractivity contribution >= 4 is 19.8 Å². The molecule has 0 amide bonds. The van der Waals surface area contributed by atoms with Crippen molar-refractivity contribution in [2.75, 3.05) is 40.5 Å². The van der Waals surface area contributed by atoms with Gasteiger partial charge in [0.1, 0.15) is 6.61 Å². The maximum atomic E-state index is 12.5. The molecule has 9 nitrogen and oxygen atoms in total. The molecule has 1 N–H and O–H groups in total. The highest BCUT2D eigenvalue weighted by Gasteiger charge is 2.26. The van der Waals surface area contributed by atoms with Gasteiger partial charge in [0.25, 0.3) is 0 Å². The number of carbonyl (C=O) groups excluding carboxylic acids is 2. The third-order valence-corrected chi connectivity index (χ3v) is 9.31. The lowest BCUT2D eigenvalue weighted by Crippen LogP contribution is -2.29. The Balaban J connectivity index is 4.32. The number of rotatable bonds is 36. The normalized spacial score (nSPS) is 13.6. The van der Waals surface area contributed by atoms with Crippen molar-refractivity contribution in [3.63, 3.8) is 0 Å². The lowest BCUT2D eigenvalue weighted by Gasteiger charge is -2.20. The minimum absolute atomic E-state index is 0.00884. The Morgan fingerprint density at radius 1 is 0.625 bits per heavy atom. The number of hydrogen-bond acceptors (Lipinski definition) is 8. The topological polar surface area (TPSA) is 112 Å². The summed E-state index contributed by atoms with van der Waals surface area (Å²) in [5.41, 5.74) is 0. The predicted octanol–water partition coefficient (Wildman–Crippen LogP) is 10.5. The first-order chi connectivity index (χ1) is 23.2. The molecule has 10 heteroatoms. The van der Waals surface area contributed by atoms with E-state index in [2.05, 4.69) is 26.0 Å². The molecule has 0 rings (SSSR count). The zero-order chi connectivity index (χ0) is 35.6. The molecule has 0 heterocycles. The van der Waals surface area contributed by atoms with Crippen molar-refractivity contribution in [2.45, 2.75) is 180 Å². The largest absolute Gasteiger partial charge is 0.472 e. The summed E-state index contributed by atoms with van der Waals surface area (Å²) in [7, 11) is -0.706. The van der Waals surface area contributed by atoms with Crippen molar-refractivity contribution in [1.82, 2.24) is 4.90 Å². The van der Waals surface area contributed by atoms with Gasteiger partial charge in [-0.1, -0.05) is 135 Å². The van der Waals surface area contributed by atoms with E-state index in [0.29, 0.717) is 13.0 Å². The zero-order valence-electron chi connectivity index (χ0n) is 31.4. The summed E-state index contributed by atoms with van der Waals surface area (Å²) >= 11 is 0. The van der Waals surface area contributed by atoms with E-state index in [4.69, 9.17) is 18.5 Å². The van der Waals surface area contributed by atoms with Crippen LogP contribution in [0.25, 0.3) is 0 Å². The van der Waals surface area contributed by atoms with Crippen LogP contribution >= 0.6 is 7.82 Å². The van der Waals surface area contributed by atoms with Gasteiger partial charge in [-0.3, -0.25) is 18.6 Å². The quantitative estimate of drug-likeness (QED) is 0.0295. The molecule has 0 aromatic rings. The molecule has 284 valence electrons. The first-order valence-corrected chi connectivity index (χ1v) is 21.0. The molecule has 48 heavy (non-hydrogen) atoms. The van der Waals surface area contributed by atoms with E-state index in [9.17, 15) is 19.0 Å². The smallest absolute Gasteiger partial charge is 0.462 e. The van der Waals surface area contributed by atoms with E-state index in [1.54, 1.807) is 0 Å². The van der Waals surface area contributed by atoms with Gasteiger partial charge < -0.3 is 19.3 Å². The first-order valence-electron chi connectivity index (χ1n) is 19.5. The second-order valence-corrected chi connectivity index (χ2v) is 14.9. The Hall–Kier alpha value is -1.25. The van der Waals surface area contributed by atoms with Gasteiger partial charge in [-0.25, -0.2) is 4.57 Å². The highest BCUT2D eigenvalue weighted by molar-refractivity contribution is 7.47. The van der Waals surface area contributed by atoms with Crippen LogP contribution in [0.2, 0.25) is 0 Å². The van der Waals surface area contributed by atoms with E-state index < -0.39 is 26.5 Å². The van der Waals surface area contributed by atoms with Gasteiger partial charge in [-0.05, 0) is 52.6 Å². The highest BCUT2D eigenvalue weighted by atomic mass is 31.2. The molecule has 0 aliphatic rings. The maximum Gasteiger partial charge on any atom is 0.472 e. The molecular weight excluding hydrogens is 629 g/mol. The lowest BCUT2D eigenvalue weighted by atomic mass is 10.1. The molecule has 0 radical (unpaired) electrons. The van der Waals surface area contributed by atoms with Gasteiger partial charge >= 0.3 is 19.8 Å². The third-order valence-electron chi connectivity index (χ3n) is 8.32. The Morgan fingerprint density at radius 3 is 1.54 bits per heavy atom. The first kappa shape index (κ1) is 46.8. The molecule has 0 aromatic heterocycles. The molecule has 0 aliphatic carbocycles. The van der Waals surface area contributed by atoms with Crippen LogP contribution in [0, 0.1) is 0 Å². The summed E-state index contributed by atoms with van der Waals surface area (Å²) in [6.45, 7) is 4.29. The van der Waals surface area contributed by atoms with Crippen LogP contribution in [0.15, 0.2) is 12.2 Å². The highest BCUT2D eigenvalue weighted by Crippen LogP contribution is 2.43. The Kier molecular flexibility index (Phi) is 33.3. The number of phosphoric acid groups is 1.